The minimum absolute atomic E-state index is 0.0285. The third kappa shape index (κ3) is 14.8. The van der Waals surface area contributed by atoms with E-state index >= 15 is 0 Å². The first-order valence-electron chi connectivity index (χ1n) is 17.2. The summed E-state index contributed by atoms with van der Waals surface area (Å²) in [6, 6.07) is 6.63. The molecule has 1 fully saturated rings. The van der Waals surface area contributed by atoms with E-state index in [2.05, 4.69) is 31.9 Å². The molecule has 0 unspecified atom stereocenters. The first-order valence-corrected chi connectivity index (χ1v) is 19.6. The first kappa shape index (κ1) is 44.1. The van der Waals surface area contributed by atoms with E-state index in [1.165, 1.54) is 12.1 Å². The summed E-state index contributed by atoms with van der Waals surface area (Å²) in [5, 5.41) is 34.2. The fourth-order valence-corrected chi connectivity index (χ4v) is 7.52. The van der Waals surface area contributed by atoms with Crippen molar-refractivity contribution in [3.63, 3.8) is 0 Å². The van der Waals surface area contributed by atoms with Crippen molar-refractivity contribution in [2.75, 3.05) is 18.1 Å². The zero-order chi connectivity index (χ0) is 40.7. The van der Waals surface area contributed by atoms with E-state index in [0.29, 0.717) is 11.1 Å². The topological polar surface area (TPSA) is 301 Å². The minimum Gasteiger partial charge on any atom is -0.508 e. The van der Waals surface area contributed by atoms with Crippen LogP contribution in [-0.2, 0) is 51.2 Å². The van der Waals surface area contributed by atoms with Gasteiger partial charge in [-0.2, -0.15) is 0 Å². The Kier molecular flexibility index (Phi) is 17.2. The average Bonchev–Trinajstić information content (AvgIpc) is 3.13. The van der Waals surface area contributed by atoms with Crippen LogP contribution in [-0.4, -0.2) is 112 Å². The minimum atomic E-state index is -1.70. The molecule has 0 radical (unpaired) electrons. The molecule has 1 heterocycles. The van der Waals surface area contributed by atoms with Crippen molar-refractivity contribution in [2.45, 2.75) is 69.4 Å². The molecule has 55 heavy (non-hydrogen) atoms. The van der Waals surface area contributed by atoms with E-state index in [-0.39, 0.29) is 30.1 Å². The van der Waals surface area contributed by atoms with E-state index in [1.54, 1.807) is 56.3 Å². The smallest absolute Gasteiger partial charge is 0.305 e. The molecule has 0 bridgehead atoms. The van der Waals surface area contributed by atoms with Crippen molar-refractivity contribution in [3.05, 3.63) is 65.7 Å². The van der Waals surface area contributed by atoms with Crippen LogP contribution in [0.3, 0.4) is 0 Å². The first-order chi connectivity index (χ1) is 26.0. The number of nitrogens with one attached hydrogen (secondary N) is 6. The van der Waals surface area contributed by atoms with Gasteiger partial charge >= 0.3 is 5.97 Å². The summed E-state index contributed by atoms with van der Waals surface area (Å²) in [5.41, 5.74) is 12.6. The van der Waals surface area contributed by atoms with Crippen LogP contribution in [0.1, 0.15) is 31.4 Å². The number of phenolic OH excluding ortho intramolecular Hbond substituents is 1. The molecule has 18 nitrogen and oxygen atoms in total. The molecule has 0 aliphatic carbocycles. The predicted molar refractivity (Wildman–Crippen MR) is 204 cm³/mol. The van der Waals surface area contributed by atoms with E-state index in [1.807, 2.05) is 0 Å². The van der Waals surface area contributed by atoms with Crippen molar-refractivity contribution >= 4 is 68.9 Å². The van der Waals surface area contributed by atoms with Crippen LogP contribution in [0.2, 0.25) is 0 Å². The number of carbonyl (C=O) groups excluding carboxylic acids is 7. The molecule has 0 spiro atoms. The van der Waals surface area contributed by atoms with Gasteiger partial charge in [0.1, 0.15) is 36.0 Å². The molecular formula is C35H46N8O10S2. The molecule has 0 saturated carbocycles. The maximum Gasteiger partial charge on any atom is 0.305 e. The van der Waals surface area contributed by atoms with Gasteiger partial charge in [0.15, 0.2) is 0 Å². The standard InChI is InChI=1S/C35H46N8O10S2/c1-18(2)29(35(53)38-15-27(37)45)43-34(52)26-17-55-54-16-25(41-30(48)22(36)12-20-8-10-21(44)11-9-20)33(51)39-23(13-19-6-4-3-5-7-19)31(49)40-24(14-28(46)47)32(50)42-26/h3-11,18,22-26,29,44H,12-17,36H2,1-2H3,(H2,37,45)(H,38,53)(H,39,51)(H,40,49)(H,41,48)(H,42,50)(H,43,52)(H,46,47)/t22-,23-,24+,25-,26+,29-/m0/s1. The summed E-state index contributed by atoms with van der Waals surface area (Å²) >= 11 is 0. The fourth-order valence-electron chi connectivity index (χ4n) is 5.19. The second-order valence-electron chi connectivity index (χ2n) is 13.0. The lowest BCUT2D eigenvalue weighted by molar-refractivity contribution is -0.141. The SMILES string of the molecule is CC(C)[C@H](NC(=O)[C@H]1CSSC[C@H](NC(=O)[C@@H](N)Cc2ccc(O)cc2)C(=O)N[C@@H](Cc2ccccc2)C(=O)N[C@H](CC(=O)O)C(=O)N1)C(=O)NCC(N)=O. The van der Waals surface area contributed by atoms with Crippen molar-refractivity contribution in [1.82, 2.24) is 31.9 Å². The molecule has 298 valence electrons. The molecule has 1 aliphatic heterocycles. The van der Waals surface area contributed by atoms with Crippen molar-refractivity contribution in [2.24, 2.45) is 17.4 Å². The van der Waals surface area contributed by atoms with Crippen molar-refractivity contribution < 1.29 is 48.6 Å². The molecule has 1 saturated heterocycles. The molecule has 20 heteroatoms. The van der Waals surface area contributed by atoms with Crippen LogP contribution in [0.15, 0.2) is 54.6 Å². The lowest BCUT2D eigenvalue weighted by Crippen LogP contribution is -2.61. The Morgan fingerprint density at radius 2 is 1.45 bits per heavy atom. The van der Waals surface area contributed by atoms with Gasteiger partial charge in [-0.1, -0.05) is 77.9 Å². The number of aromatic hydroxyl groups is 1. The largest absolute Gasteiger partial charge is 0.508 e. The van der Waals surface area contributed by atoms with E-state index < -0.39 is 102 Å². The van der Waals surface area contributed by atoms with E-state index in [9.17, 15) is 48.6 Å². The van der Waals surface area contributed by atoms with Crippen LogP contribution in [0.4, 0.5) is 0 Å². The number of carboxylic acid groups (broad SMARTS) is 1. The molecular weight excluding hydrogens is 757 g/mol. The maximum atomic E-state index is 13.8. The van der Waals surface area contributed by atoms with E-state index in [4.69, 9.17) is 11.5 Å². The van der Waals surface area contributed by atoms with Crippen LogP contribution in [0.5, 0.6) is 5.75 Å². The Labute approximate surface area is 324 Å². The van der Waals surface area contributed by atoms with Gasteiger partial charge in [0, 0.05) is 17.9 Å². The number of phenols is 1. The third-order valence-electron chi connectivity index (χ3n) is 8.16. The molecule has 6 atom stereocenters. The lowest BCUT2D eigenvalue weighted by atomic mass is 10.0. The number of nitrogens with two attached hydrogens (primary N) is 2. The van der Waals surface area contributed by atoms with Crippen LogP contribution < -0.4 is 43.4 Å². The highest BCUT2D eigenvalue weighted by molar-refractivity contribution is 8.76. The third-order valence-corrected chi connectivity index (χ3v) is 10.6. The summed E-state index contributed by atoms with van der Waals surface area (Å²) in [4.78, 5) is 104. The predicted octanol–water partition coefficient (Wildman–Crippen LogP) is -1.94. The van der Waals surface area contributed by atoms with Gasteiger partial charge < -0.3 is 53.6 Å². The molecule has 1 aliphatic rings. The quantitative estimate of drug-likeness (QED) is 0.0932. The highest BCUT2D eigenvalue weighted by Gasteiger charge is 2.35. The molecule has 12 N–H and O–H groups in total. The summed E-state index contributed by atoms with van der Waals surface area (Å²) < 4.78 is 0. The Morgan fingerprint density at radius 3 is 2.07 bits per heavy atom. The highest BCUT2D eigenvalue weighted by atomic mass is 33.1. The van der Waals surface area contributed by atoms with Gasteiger partial charge in [-0.05, 0) is 35.6 Å². The summed E-state index contributed by atoms with van der Waals surface area (Å²) in [5.74, 6) is -7.96. The summed E-state index contributed by atoms with van der Waals surface area (Å²) in [7, 11) is 2.08. The van der Waals surface area contributed by atoms with Gasteiger partial charge in [0.05, 0.1) is 19.0 Å². The average molecular weight is 803 g/mol. The number of aliphatic carboxylic acids is 1. The number of primary amides is 1. The second-order valence-corrected chi connectivity index (χ2v) is 15.5. The molecule has 2 aromatic carbocycles. The number of carboxylic acids is 1. The van der Waals surface area contributed by atoms with Crippen molar-refractivity contribution in [3.8, 4) is 5.75 Å². The zero-order valence-corrected chi connectivity index (χ0v) is 31.7. The number of amides is 7. The normalized spacial score (nSPS) is 20.7. The second kappa shape index (κ2) is 21.5. The van der Waals surface area contributed by atoms with E-state index in [0.717, 1.165) is 21.6 Å². The van der Waals surface area contributed by atoms with Gasteiger partial charge in [-0.15, -0.1) is 0 Å². The highest BCUT2D eigenvalue weighted by Crippen LogP contribution is 2.24. The summed E-state index contributed by atoms with van der Waals surface area (Å²) in [6.45, 7) is 2.77. The molecule has 2 aromatic rings. The van der Waals surface area contributed by atoms with Gasteiger partial charge in [-0.25, -0.2) is 0 Å². The Balaban J connectivity index is 1.93. The number of rotatable bonds is 14. The molecule has 3 rings (SSSR count). The molecule has 7 amide bonds. The summed E-state index contributed by atoms with van der Waals surface area (Å²) in [6.07, 6.45) is -0.898. The fraction of sp³-hybridized carbons (Fsp3) is 0.429. The Morgan fingerprint density at radius 1 is 0.836 bits per heavy atom. The Hall–Kier alpha value is -5.34. The lowest BCUT2D eigenvalue weighted by Gasteiger charge is -2.28. The number of hydrogen-bond donors (Lipinski definition) is 10. The maximum absolute atomic E-state index is 13.8. The van der Waals surface area contributed by atoms with Gasteiger partial charge in [0.25, 0.3) is 0 Å². The number of carbonyl (C=O) groups is 8. The van der Waals surface area contributed by atoms with Gasteiger partial charge in [-0.3, -0.25) is 38.4 Å². The molecule has 0 aromatic heterocycles. The van der Waals surface area contributed by atoms with Crippen LogP contribution in [0.25, 0.3) is 0 Å². The number of benzene rings is 2. The van der Waals surface area contributed by atoms with Crippen LogP contribution in [0, 0.1) is 5.92 Å². The zero-order valence-electron chi connectivity index (χ0n) is 30.1. The van der Waals surface area contributed by atoms with Gasteiger partial charge in [0.2, 0.25) is 41.4 Å². The number of hydrogen-bond acceptors (Lipinski definition) is 12. The van der Waals surface area contributed by atoms with Crippen LogP contribution >= 0.6 is 21.6 Å². The Bertz CT molecular complexity index is 1700. The van der Waals surface area contributed by atoms with Crippen molar-refractivity contribution in [1.29, 1.82) is 0 Å². The monoisotopic (exact) mass is 802 g/mol.